The summed E-state index contributed by atoms with van der Waals surface area (Å²) in [5, 5.41) is 0.672. The highest BCUT2D eigenvalue weighted by molar-refractivity contribution is 6.31. The van der Waals surface area contributed by atoms with Gasteiger partial charge in [0, 0.05) is 16.1 Å². The van der Waals surface area contributed by atoms with Crippen LogP contribution in [0, 0.1) is 0 Å². The number of halogens is 1. The smallest absolute Gasteiger partial charge is 0.343 e. The number of hydrogen-bond donors (Lipinski definition) is 0. The van der Waals surface area contributed by atoms with Gasteiger partial charge in [-0.1, -0.05) is 41.9 Å². The summed E-state index contributed by atoms with van der Waals surface area (Å²) in [6.07, 6.45) is 3.49. The fraction of sp³-hybridized carbons (Fsp3) is 0.115. The fourth-order valence-electron chi connectivity index (χ4n) is 3.24. The molecule has 0 amide bonds. The molecule has 0 fully saturated rings. The highest BCUT2D eigenvalue weighted by Crippen LogP contribution is 2.34. The van der Waals surface area contributed by atoms with Gasteiger partial charge in [0.05, 0.1) is 19.8 Å². The van der Waals surface area contributed by atoms with E-state index in [1.807, 2.05) is 54.6 Å². The zero-order chi connectivity index (χ0) is 22.5. The Bertz CT molecular complexity index is 1200. The van der Waals surface area contributed by atoms with Gasteiger partial charge in [0.1, 0.15) is 18.1 Å². The molecule has 32 heavy (non-hydrogen) atoms. The zero-order valence-corrected chi connectivity index (χ0v) is 18.4. The van der Waals surface area contributed by atoms with E-state index in [9.17, 15) is 4.79 Å². The Morgan fingerprint density at radius 3 is 2.41 bits per heavy atom. The molecule has 0 aliphatic carbocycles. The van der Waals surface area contributed by atoms with Crippen LogP contribution in [-0.4, -0.2) is 20.2 Å². The van der Waals surface area contributed by atoms with Crippen molar-refractivity contribution in [2.45, 2.75) is 6.61 Å². The summed E-state index contributed by atoms with van der Waals surface area (Å²) in [7, 11) is 3.13. The van der Waals surface area contributed by atoms with Crippen molar-refractivity contribution in [3.63, 3.8) is 0 Å². The number of carbonyl (C=O) groups excluding carboxylic acids is 1. The third kappa shape index (κ3) is 4.79. The van der Waals surface area contributed by atoms with Gasteiger partial charge < -0.3 is 18.9 Å². The number of carbonyl (C=O) groups is 1. The number of methoxy groups -OCH3 is 2. The number of ether oxygens (including phenoxy) is 4. The molecule has 0 atom stereocenters. The van der Waals surface area contributed by atoms with E-state index in [0.29, 0.717) is 40.2 Å². The Balaban J connectivity index is 1.48. The molecular weight excluding hydrogens is 428 g/mol. The summed E-state index contributed by atoms with van der Waals surface area (Å²) in [5.41, 5.74) is 2.95. The van der Waals surface area contributed by atoms with Crippen LogP contribution in [0.1, 0.15) is 16.7 Å². The summed E-state index contributed by atoms with van der Waals surface area (Å²) in [4.78, 5) is 12.4. The normalized spacial score (nSPS) is 14.2. The Labute approximate surface area is 191 Å². The molecule has 0 aromatic heterocycles. The van der Waals surface area contributed by atoms with E-state index < -0.39 is 5.97 Å². The maximum atomic E-state index is 12.4. The van der Waals surface area contributed by atoms with Gasteiger partial charge in [0.15, 0.2) is 11.5 Å². The first-order valence-electron chi connectivity index (χ1n) is 9.91. The Morgan fingerprint density at radius 1 is 0.938 bits per heavy atom. The highest BCUT2D eigenvalue weighted by Gasteiger charge is 2.23. The van der Waals surface area contributed by atoms with Crippen LogP contribution in [0.25, 0.3) is 11.8 Å². The lowest BCUT2D eigenvalue weighted by Gasteiger charge is -2.09. The van der Waals surface area contributed by atoms with Crippen LogP contribution in [0.4, 0.5) is 0 Å². The van der Waals surface area contributed by atoms with Crippen LogP contribution >= 0.6 is 11.6 Å². The minimum absolute atomic E-state index is 0.379. The van der Waals surface area contributed by atoms with Gasteiger partial charge >= 0.3 is 5.97 Å². The van der Waals surface area contributed by atoms with Gasteiger partial charge in [-0.25, -0.2) is 4.79 Å². The van der Waals surface area contributed by atoms with E-state index >= 15 is 0 Å². The lowest BCUT2D eigenvalue weighted by Crippen LogP contribution is -1.98. The molecule has 0 radical (unpaired) electrons. The molecule has 3 aromatic carbocycles. The second-order valence-electron chi connectivity index (χ2n) is 7.02. The second-order valence-corrected chi connectivity index (χ2v) is 7.42. The molecule has 3 aromatic rings. The maximum absolute atomic E-state index is 12.4. The van der Waals surface area contributed by atoms with E-state index in [0.717, 1.165) is 16.7 Å². The van der Waals surface area contributed by atoms with Crippen molar-refractivity contribution >= 4 is 29.4 Å². The molecule has 0 saturated heterocycles. The van der Waals surface area contributed by atoms with Crippen molar-refractivity contribution in [1.82, 2.24) is 0 Å². The predicted molar refractivity (Wildman–Crippen MR) is 124 cm³/mol. The van der Waals surface area contributed by atoms with Crippen LogP contribution in [-0.2, 0) is 16.1 Å². The SMILES string of the molecule is COc1ccc(C2=CC(=Cc3ccc(OCc4ccccc4Cl)cc3)C(=O)O2)cc1OC. The minimum Gasteiger partial charge on any atom is -0.493 e. The van der Waals surface area contributed by atoms with E-state index in [-0.39, 0.29) is 0 Å². The molecule has 0 bridgehead atoms. The molecule has 162 valence electrons. The van der Waals surface area contributed by atoms with Gasteiger partial charge in [-0.15, -0.1) is 0 Å². The number of hydrogen-bond acceptors (Lipinski definition) is 5. The van der Waals surface area contributed by atoms with Crippen molar-refractivity contribution in [3.05, 3.63) is 100 Å². The lowest BCUT2D eigenvalue weighted by atomic mass is 10.1. The maximum Gasteiger partial charge on any atom is 0.343 e. The summed E-state index contributed by atoms with van der Waals surface area (Å²) in [6.45, 7) is 0.379. The summed E-state index contributed by atoms with van der Waals surface area (Å²) < 4.78 is 21.8. The van der Waals surface area contributed by atoms with Crippen LogP contribution in [0.2, 0.25) is 5.02 Å². The van der Waals surface area contributed by atoms with Crippen LogP contribution in [0.5, 0.6) is 17.2 Å². The lowest BCUT2D eigenvalue weighted by molar-refractivity contribution is -0.130. The molecular formula is C26H21ClO5. The van der Waals surface area contributed by atoms with Gasteiger partial charge in [-0.3, -0.25) is 0 Å². The number of cyclic esters (lactones) is 1. The van der Waals surface area contributed by atoms with Crippen molar-refractivity contribution in [1.29, 1.82) is 0 Å². The largest absolute Gasteiger partial charge is 0.493 e. The monoisotopic (exact) mass is 448 g/mol. The molecule has 6 heteroatoms. The highest BCUT2D eigenvalue weighted by atomic mass is 35.5. The Hall–Kier alpha value is -3.70. The molecule has 1 aliphatic rings. The summed E-state index contributed by atoms with van der Waals surface area (Å²) in [5.74, 6) is 1.93. The van der Waals surface area contributed by atoms with Gasteiger partial charge in [0.2, 0.25) is 0 Å². The quantitative estimate of drug-likeness (QED) is 0.332. The third-order valence-electron chi connectivity index (χ3n) is 4.95. The van der Waals surface area contributed by atoms with Crippen molar-refractivity contribution < 1.29 is 23.7 Å². The first-order chi connectivity index (χ1) is 15.6. The molecule has 5 nitrogen and oxygen atoms in total. The third-order valence-corrected chi connectivity index (χ3v) is 5.32. The number of esters is 1. The topological polar surface area (TPSA) is 54.0 Å². The average Bonchev–Trinajstić information content (AvgIpc) is 3.19. The van der Waals surface area contributed by atoms with Crippen molar-refractivity contribution in [2.75, 3.05) is 14.2 Å². The minimum atomic E-state index is -0.408. The van der Waals surface area contributed by atoms with E-state index in [2.05, 4.69) is 0 Å². The van der Waals surface area contributed by atoms with E-state index in [1.165, 1.54) is 0 Å². The molecule has 1 heterocycles. The number of rotatable bonds is 7. The molecule has 0 spiro atoms. The Kier molecular flexibility index (Phi) is 6.47. The first kappa shape index (κ1) is 21.5. The summed E-state index contributed by atoms with van der Waals surface area (Å²) in [6, 6.07) is 20.4. The van der Waals surface area contributed by atoms with Crippen LogP contribution in [0.3, 0.4) is 0 Å². The summed E-state index contributed by atoms with van der Waals surface area (Å²) >= 11 is 6.16. The van der Waals surface area contributed by atoms with Crippen LogP contribution in [0.15, 0.2) is 78.4 Å². The van der Waals surface area contributed by atoms with Crippen LogP contribution < -0.4 is 14.2 Å². The standard InChI is InChI=1S/C26H21ClO5/c1-29-23-12-9-18(14-25(23)30-2)24-15-20(26(28)32-24)13-17-7-10-21(11-8-17)31-16-19-5-3-4-6-22(19)27/h3-15H,16H2,1-2H3. The average molecular weight is 449 g/mol. The molecule has 0 saturated carbocycles. The number of benzene rings is 3. The second kappa shape index (κ2) is 9.62. The van der Waals surface area contributed by atoms with E-state index in [1.54, 1.807) is 38.5 Å². The molecule has 0 N–H and O–H groups in total. The predicted octanol–water partition coefficient (Wildman–Crippen LogP) is 5.92. The van der Waals surface area contributed by atoms with E-state index in [4.69, 9.17) is 30.5 Å². The zero-order valence-electron chi connectivity index (χ0n) is 17.6. The van der Waals surface area contributed by atoms with Crippen molar-refractivity contribution in [3.8, 4) is 17.2 Å². The van der Waals surface area contributed by atoms with Crippen molar-refractivity contribution in [2.24, 2.45) is 0 Å². The van der Waals surface area contributed by atoms with Gasteiger partial charge in [-0.2, -0.15) is 0 Å². The Morgan fingerprint density at radius 2 is 1.69 bits per heavy atom. The molecule has 0 unspecified atom stereocenters. The molecule has 4 rings (SSSR count). The fourth-order valence-corrected chi connectivity index (χ4v) is 3.43. The van der Waals surface area contributed by atoms with Gasteiger partial charge in [0.25, 0.3) is 0 Å². The molecule has 1 aliphatic heterocycles. The van der Waals surface area contributed by atoms with Gasteiger partial charge in [-0.05, 0) is 54.1 Å². The first-order valence-corrected chi connectivity index (χ1v) is 10.3.